The number of nitrogens with two attached hydrogens (primary N) is 1. The maximum atomic E-state index is 13.0. The third kappa shape index (κ3) is 6.04. The van der Waals surface area contributed by atoms with E-state index < -0.39 is 35.7 Å². The van der Waals surface area contributed by atoms with Crippen LogP contribution in [0.2, 0.25) is 0 Å². The maximum Gasteiger partial charge on any atom is 0.416 e. The summed E-state index contributed by atoms with van der Waals surface area (Å²) in [6.45, 7) is 6.65. The molecular formula is C19H19F6N5. The Balaban J connectivity index is 2.31. The normalized spacial score (nSPS) is 20.6. The minimum Gasteiger partial charge on any atom is -0.376 e. The van der Waals surface area contributed by atoms with Crippen LogP contribution in [-0.2, 0) is 18.9 Å². The molecule has 162 valence electrons. The lowest BCUT2D eigenvalue weighted by Crippen LogP contribution is -2.48. The van der Waals surface area contributed by atoms with E-state index in [0.717, 1.165) is 12.8 Å². The van der Waals surface area contributed by atoms with E-state index in [1.54, 1.807) is 6.07 Å². The van der Waals surface area contributed by atoms with Gasteiger partial charge in [0.2, 0.25) is 0 Å². The van der Waals surface area contributed by atoms with Gasteiger partial charge < -0.3 is 16.4 Å². The Hall–Kier alpha value is -2.92. The first kappa shape index (κ1) is 23.4. The fraction of sp³-hybridized carbons (Fsp3) is 0.474. The van der Waals surface area contributed by atoms with Crippen molar-refractivity contribution >= 4 is 0 Å². The van der Waals surface area contributed by atoms with Gasteiger partial charge in [-0.3, -0.25) is 0 Å². The number of hydrogen-bond acceptors (Lipinski definition) is 4. The quantitative estimate of drug-likeness (QED) is 0.369. The average molecular weight is 431 g/mol. The zero-order valence-electron chi connectivity index (χ0n) is 15.7. The van der Waals surface area contributed by atoms with Gasteiger partial charge in [-0.1, -0.05) is 12.8 Å². The van der Waals surface area contributed by atoms with Crippen molar-refractivity contribution in [3.63, 3.8) is 0 Å². The van der Waals surface area contributed by atoms with Gasteiger partial charge in [-0.15, -0.1) is 0 Å². The Morgan fingerprint density at radius 2 is 1.67 bits per heavy atom. The van der Waals surface area contributed by atoms with Crippen LogP contribution in [0.3, 0.4) is 0 Å². The highest BCUT2D eigenvalue weighted by Crippen LogP contribution is 2.36. The van der Waals surface area contributed by atoms with E-state index in [4.69, 9.17) is 17.6 Å². The molecule has 1 aromatic rings. The second kappa shape index (κ2) is 9.26. The Labute approximate surface area is 169 Å². The maximum absolute atomic E-state index is 13.0. The molecule has 0 radical (unpaired) electrons. The van der Waals surface area contributed by atoms with E-state index in [9.17, 15) is 26.3 Å². The number of halogens is 6. The Morgan fingerprint density at radius 1 is 1.10 bits per heavy atom. The summed E-state index contributed by atoms with van der Waals surface area (Å²) in [5.41, 5.74) is 2.46. The SMILES string of the molecule is [C-]#[N+]/C(C#N)=C(\NCc1cc(C(F)(F)F)cc(C(F)(F)F)c1)N[C@@H]1CCCC[C@H]1N. The Bertz CT molecular complexity index is 827. The number of rotatable bonds is 5. The molecule has 0 saturated heterocycles. The number of hydrogen-bond donors (Lipinski definition) is 3. The number of nitrogens with zero attached hydrogens (tertiary/aromatic N) is 2. The van der Waals surface area contributed by atoms with Crippen molar-refractivity contribution in [1.29, 1.82) is 5.26 Å². The lowest BCUT2D eigenvalue weighted by atomic mass is 9.91. The molecule has 2 atom stereocenters. The summed E-state index contributed by atoms with van der Waals surface area (Å²) >= 11 is 0. The predicted molar refractivity (Wildman–Crippen MR) is 95.9 cm³/mol. The van der Waals surface area contributed by atoms with Crippen LogP contribution in [0.5, 0.6) is 0 Å². The number of alkyl halides is 6. The molecule has 2 rings (SSSR count). The van der Waals surface area contributed by atoms with Crippen LogP contribution in [0.25, 0.3) is 4.85 Å². The zero-order chi connectivity index (χ0) is 22.5. The molecule has 4 N–H and O–H groups in total. The Morgan fingerprint density at radius 3 is 2.13 bits per heavy atom. The number of nitrogens with one attached hydrogen (secondary N) is 2. The van der Waals surface area contributed by atoms with Crippen LogP contribution in [0.15, 0.2) is 29.7 Å². The monoisotopic (exact) mass is 431 g/mol. The molecule has 11 heteroatoms. The molecule has 0 spiro atoms. The third-order valence-corrected chi connectivity index (χ3v) is 4.72. The molecule has 0 aromatic heterocycles. The molecular weight excluding hydrogens is 412 g/mol. The summed E-state index contributed by atoms with van der Waals surface area (Å²) in [7, 11) is 0. The van der Waals surface area contributed by atoms with E-state index in [-0.39, 0.29) is 29.5 Å². The van der Waals surface area contributed by atoms with Gasteiger partial charge in [-0.2, -0.15) is 26.3 Å². The van der Waals surface area contributed by atoms with Gasteiger partial charge >= 0.3 is 12.4 Å². The first-order chi connectivity index (χ1) is 14.0. The van der Waals surface area contributed by atoms with Gasteiger partial charge in [0.15, 0.2) is 0 Å². The van der Waals surface area contributed by atoms with Gasteiger partial charge in [0, 0.05) is 18.6 Å². The molecule has 30 heavy (non-hydrogen) atoms. The van der Waals surface area contributed by atoms with Crippen LogP contribution >= 0.6 is 0 Å². The lowest BCUT2D eigenvalue weighted by Gasteiger charge is -2.31. The summed E-state index contributed by atoms with van der Waals surface area (Å²) in [6, 6.07) is 2.35. The van der Waals surface area contributed by atoms with Crippen LogP contribution in [-0.4, -0.2) is 12.1 Å². The van der Waals surface area contributed by atoms with Crippen LogP contribution in [0, 0.1) is 17.9 Å². The minimum atomic E-state index is -4.96. The first-order valence-corrected chi connectivity index (χ1v) is 9.02. The van der Waals surface area contributed by atoms with Gasteiger partial charge in [-0.25, -0.2) is 10.1 Å². The number of nitriles is 1. The molecule has 1 aliphatic rings. The zero-order valence-corrected chi connectivity index (χ0v) is 15.7. The molecule has 0 heterocycles. The third-order valence-electron chi connectivity index (χ3n) is 4.72. The van der Waals surface area contributed by atoms with Crippen LogP contribution in [0.4, 0.5) is 26.3 Å². The van der Waals surface area contributed by atoms with E-state index in [0.29, 0.717) is 25.0 Å². The van der Waals surface area contributed by atoms with Crippen LogP contribution in [0.1, 0.15) is 42.4 Å². The smallest absolute Gasteiger partial charge is 0.376 e. The van der Waals surface area contributed by atoms with Gasteiger partial charge in [0.05, 0.1) is 23.8 Å². The predicted octanol–water partition coefficient (Wildman–Crippen LogP) is 4.29. The summed E-state index contributed by atoms with van der Waals surface area (Å²) in [5.74, 6) is -0.0687. The molecule has 0 amide bonds. The van der Waals surface area contributed by atoms with Crippen molar-refractivity contribution in [2.75, 3.05) is 0 Å². The van der Waals surface area contributed by atoms with Crippen molar-refractivity contribution in [2.45, 2.75) is 56.7 Å². The number of allylic oxidation sites excluding steroid dienone is 1. The van der Waals surface area contributed by atoms with Crippen molar-refractivity contribution in [2.24, 2.45) is 5.73 Å². The largest absolute Gasteiger partial charge is 0.416 e. The molecule has 0 unspecified atom stereocenters. The summed E-state index contributed by atoms with van der Waals surface area (Å²) in [6.07, 6.45) is -6.77. The molecule has 0 bridgehead atoms. The fourth-order valence-corrected chi connectivity index (χ4v) is 3.18. The topological polar surface area (TPSA) is 78.2 Å². The second-order valence-corrected chi connectivity index (χ2v) is 6.91. The second-order valence-electron chi connectivity index (χ2n) is 6.91. The molecule has 1 fully saturated rings. The lowest BCUT2D eigenvalue weighted by molar-refractivity contribution is -0.143. The molecule has 1 aliphatic carbocycles. The highest BCUT2D eigenvalue weighted by Gasteiger charge is 2.36. The number of benzene rings is 1. The van der Waals surface area contributed by atoms with Crippen molar-refractivity contribution < 1.29 is 26.3 Å². The van der Waals surface area contributed by atoms with Crippen molar-refractivity contribution in [3.8, 4) is 6.07 Å². The van der Waals surface area contributed by atoms with E-state index in [1.807, 2.05) is 0 Å². The van der Waals surface area contributed by atoms with Crippen molar-refractivity contribution in [1.82, 2.24) is 10.6 Å². The highest BCUT2D eigenvalue weighted by atomic mass is 19.4. The summed E-state index contributed by atoms with van der Waals surface area (Å²) < 4.78 is 78.1. The summed E-state index contributed by atoms with van der Waals surface area (Å²) in [4.78, 5) is 3.07. The average Bonchev–Trinajstić information content (AvgIpc) is 2.67. The fourth-order valence-electron chi connectivity index (χ4n) is 3.18. The molecule has 1 saturated carbocycles. The van der Waals surface area contributed by atoms with E-state index in [2.05, 4.69) is 15.5 Å². The Kier molecular flexibility index (Phi) is 7.21. The first-order valence-electron chi connectivity index (χ1n) is 9.02. The molecule has 1 aromatic carbocycles. The molecule has 5 nitrogen and oxygen atoms in total. The standard InChI is InChI=1S/C19H19F6N5/c1-28-16(9-26)17(30-15-5-3-2-4-14(15)27)29-10-11-6-12(18(20,21)22)8-13(7-11)19(23,24)25/h6-8,14-15,29-30H,2-5,10,27H2/b17-16+/t14-,15-/m1/s1. The van der Waals surface area contributed by atoms with E-state index in [1.165, 1.54) is 0 Å². The van der Waals surface area contributed by atoms with Crippen LogP contribution < -0.4 is 16.4 Å². The summed E-state index contributed by atoms with van der Waals surface area (Å²) in [5, 5.41) is 14.7. The van der Waals surface area contributed by atoms with Gasteiger partial charge in [0.25, 0.3) is 5.70 Å². The van der Waals surface area contributed by atoms with Crippen molar-refractivity contribution in [3.05, 3.63) is 57.8 Å². The highest BCUT2D eigenvalue weighted by molar-refractivity contribution is 5.35. The molecule has 0 aliphatic heterocycles. The van der Waals surface area contributed by atoms with E-state index >= 15 is 0 Å². The van der Waals surface area contributed by atoms with Gasteiger partial charge in [-0.05, 0) is 36.6 Å². The van der Waals surface area contributed by atoms with Gasteiger partial charge in [0.1, 0.15) is 5.82 Å². The minimum absolute atomic E-state index is 0.0411.